The van der Waals surface area contributed by atoms with Crippen molar-refractivity contribution in [2.75, 3.05) is 5.32 Å². The third-order valence-corrected chi connectivity index (χ3v) is 3.33. The van der Waals surface area contributed by atoms with Crippen molar-refractivity contribution in [2.45, 2.75) is 6.18 Å². The fraction of sp³-hybridized carbons (Fsp3) is 0.0714. The molecule has 0 saturated heterocycles. The van der Waals surface area contributed by atoms with Crippen molar-refractivity contribution in [2.24, 2.45) is 0 Å². The van der Waals surface area contributed by atoms with Crippen molar-refractivity contribution in [3.05, 3.63) is 63.9 Å². The summed E-state index contributed by atoms with van der Waals surface area (Å²) in [5.74, 6) is -1.18. The second kappa shape index (κ2) is 5.85. The maximum atomic E-state index is 12.8. The highest BCUT2D eigenvalue weighted by molar-refractivity contribution is 9.10. The van der Waals surface area contributed by atoms with Crippen LogP contribution >= 0.6 is 15.9 Å². The van der Waals surface area contributed by atoms with Crippen LogP contribution in [0, 0.1) is 5.82 Å². The number of nitrogens with one attached hydrogen (secondary N) is 1. The van der Waals surface area contributed by atoms with Crippen molar-refractivity contribution in [1.82, 2.24) is 0 Å². The molecule has 21 heavy (non-hydrogen) atoms. The van der Waals surface area contributed by atoms with Gasteiger partial charge in [0.2, 0.25) is 0 Å². The van der Waals surface area contributed by atoms with Crippen molar-refractivity contribution in [1.29, 1.82) is 0 Å². The first-order chi connectivity index (χ1) is 9.77. The minimum Gasteiger partial charge on any atom is -0.322 e. The Hall–Kier alpha value is -1.89. The van der Waals surface area contributed by atoms with Crippen molar-refractivity contribution in [3.8, 4) is 0 Å². The molecule has 2 aromatic rings. The Balaban J connectivity index is 2.25. The average molecular weight is 362 g/mol. The number of alkyl halides is 3. The predicted octanol–water partition coefficient (Wildman–Crippen LogP) is 4.86. The summed E-state index contributed by atoms with van der Waals surface area (Å²) in [4.78, 5) is 11.9. The summed E-state index contributed by atoms with van der Waals surface area (Å²) in [6.45, 7) is 0. The minimum atomic E-state index is -4.56. The third kappa shape index (κ3) is 3.81. The molecule has 2 nitrogen and oxygen atoms in total. The van der Waals surface area contributed by atoms with Crippen LogP contribution in [0.5, 0.6) is 0 Å². The van der Waals surface area contributed by atoms with E-state index in [1.165, 1.54) is 18.2 Å². The monoisotopic (exact) mass is 361 g/mol. The van der Waals surface area contributed by atoms with E-state index < -0.39 is 23.5 Å². The third-order valence-electron chi connectivity index (χ3n) is 2.64. The highest BCUT2D eigenvalue weighted by atomic mass is 79.9. The Morgan fingerprint density at radius 3 is 2.24 bits per heavy atom. The van der Waals surface area contributed by atoms with E-state index in [-0.39, 0.29) is 15.7 Å². The van der Waals surface area contributed by atoms with E-state index in [0.29, 0.717) is 0 Å². The zero-order valence-corrected chi connectivity index (χ0v) is 11.9. The van der Waals surface area contributed by atoms with Crippen LogP contribution in [-0.4, -0.2) is 5.91 Å². The molecule has 0 unspecified atom stereocenters. The van der Waals surface area contributed by atoms with Gasteiger partial charge in [-0.05, 0) is 42.5 Å². The fourth-order valence-corrected chi connectivity index (χ4v) is 2.09. The van der Waals surface area contributed by atoms with Crippen LogP contribution in [0.1, 0.15) is 15.9 Å². The molecule has 2 aromatic carbocycles. The molecule has 0 radical (unpaired) electrons. The van der Waals surface area contributed by atoms with Crippen LogP contribution in [0.3, 0.4) is 0 Å². The van der Waals surface area contributed by atoms with Gasteiger partial charge >= 0.3 is 6.18 Å². The minimum absolute atomic E-state index is 0.144. The maximum absolute atomic E-state index is 12.8. The topological polar surface area (TPSA) is 29.1 Å². The standard InChI is InChI=1S/C14H8BrF4NO/c15-12-6-1-8(7-11(12)14(17,18)19)13(21)20-10-4-2-9(16)3-5-10/h1-7H,(H,20,21). The Bertz CT molecular complexity index is 668. The largest absolute Gasteiger partial charge is 0.417 e. The van der Waals surface area contributed by atoms with Crippen LogP contribution in [0.4, 0.5) is 23.2 Å². The summed E-state index contributed by atoms with van der Waals surface area (Å²) >= 11 is 2.80. The molecule has 0 fully saturated rings. The first-order valence-electron chi connectivity index (χ1n) is 5.71. The molecule has 0 aliphatic carbocycles. The molecular weight excluding hydrogens is 354 g/mol. The molecule has 0 spiro atoms. The van der Waals surface area contributed by atoms with Gasteiger partial charge in [-0.1, -0.05) is 15.9 Å². The van der Waals surface area contributed by atoms with E-state index in [1.807, 2.05) is 0 Å². The van der Waals surface area contributed by atoms with Gasteiger partial charge < -0.3 is 5.32 Å². The number of hydrogen-bond acceptors (Lipinski definition) is 1. The normalized spacial score (nSPS) is 11.3. The molecule has 0 heterocycles. The second-order valence-electron chi connectivity index (χ2n) is 4.15. The first-order valence-corrected chi connectivity index (χ1v) is 6.50. The lowest BCUT2D eigenvalue weighted by molar-refractivity contribution is -0.138. The summed E-state index contributed by atoms with van der Waals surface area (Å²) in [6.07, 6.45) is -4.56. The van der Waals surface area contributed by atoms with E-state index >= 15 is 0 Å². The van der Waals surface area contributed by atoms with Gasteiger partial charge in [-0.2, -0.15) is 13.2 Å². The lowest BCUT2D eigenvalue weighted by Crippen LogP contribution is -2.14. The van der Waals surface area contributed by atoms with Crippen LogP contribution in [0.2, 0.25) is 0 Å². The van der Waals surface area contributed by atoms with Gasteiger partial charge in [0.05, 0.1) is 5.56 Å². The Morgan fingerprint density at radius 2 is 1.67 bits per heavy atom. The number of benzene rings is 2. The molecule has 0 aromatic heterocycles. The highest BCUT2D eigenvalue weighted by Crippen LogP contribution is 2.35. The van der Waals surface area contributed by atoms with E-state index in [1.54, 1.807) is 0 Å². The number of amides is 1. The first kappa shape index (κ1) is 15.5. The lowest BCUT2D eigenvalue weighted by atomic mass is 10.1. The van der Waals surface area contributed by atoms with E-state index in [2.05, 4.69) is 21.2 Å². The molecule has 1 amide bonds. The number of hydrogen-bond donors (Lipinski definition) is 1. The van der Waals surface area contributed by atoms with Crippen molar-refractivity contribution < 1.29 is 22.4 Å². The number of rotatable bonds is 2. The zero-order chi connectivity index (χ0) is 15.6. The van der Waals surface area contributed by atoms with Crippen LogP contribution in [-0.2, 0) is 6.18 Å². The second-order valence-corrected chi connectivity index (χ2v) is 5.01. The van der Waals surface area contributed by atoms with Gasteiger partial charge in [0.25, 0.3) is 5.91 Å². The molecule has 1 N–H and O–H groups in total. The van der Waals surface area contributed by atoms with Crippen molar-refractivity contribution >= 4 is 27.5 Å². The van der Waals surface area contributed by atoms with Crippen LogP contribution < -0.4 is 5.32 Å². The average Bonchev–Trinajstić information content (AvgIpc) is 2.40. The number of halogens is 5. The van der Waals surface area contributed by atoms with Gasteiger partial charge in [0, 0.05) is 15.7 Å². The number of carbonyl (C=O) groups is 1. The van der Waals surface area contributed by atoms with Gasteiger partial charge in [-0.3, -0.25) is 4.79 Å². The number of carbonyl (C=O) groups excluding carboxylic acids is 1. The fourth-order valence-electron chi connectivity index (χ4n) is 1.62. The van der Waals surface area contributed by atoms with Crippen molar-refractivity contribution in [3.63, 3.8) is 0 Å². The number of anilines is 1. The summed E-state index contributed by atoms with van der Waals surface area (Å²) in [6, 6.07) is 8.08. The maximum Gasteiger partial charge on any atom is 0.417 e. The summed E-state index contributed by atoms with van der Waals surface area (Å²) in [5, 5.41) is 2.40. The zero-order valence-electron chi connectivity index (χ0n) is 10.3. The Morgan fingerprint density at radius 1 is 1.05 bits per heavy atom. The Kier molecular flexibility index (Phi) is 4.32. The van der Waals surface area contributed by atoms with Gasteiger partial charge in [0.15, 0.2) is 0 Å². The summed E-state index contributed by atoms with van der Waals surface area (Å²) in [5.41, 5.74) is -0.790. The Labute approximate surface area is 125 Å². The van der Waals surface area contributed by atoms with E-state index in [4.69, 9.17) is 0 Å². The van der Waals surface area contributed by atoms with Gasteiger partial charge in [0.1, 0.15) is 5.82 Å². The van der Waals surface area contributed by atoms with Gasteiger partial charge in [-0.25, -0.2) is 4.39 Å². The van der Waals surface area contributed by atoms with Crippen LogP contribution in [0.15, 0.2) is 46.9 Å². The van der Waals surface area contributed by atoms with Crippen LogP contribution in [0.25, 0.3) is 0 Å². The molecular formula is C14H8BrF4NO. The SMILES string of the molecule is O=C(Nc1ccc(F)cc1)c1ccc(Br)c(C(F)(F)F)c1. The molecule has 0 bridgehead atoms. The van der Waals surface area contributed by atoms with E-state index in [0.717, 1.165) is 24.3 Å². The molecule has 110 valence electrons. The lowest BCUT2D eigenvalue weighted by Gasteiger charge is -2.11. The molecule has 0 aliphatic heterocycles. The van der Waals surface area contributed by atoms with Gasteiger partial charge in [-0.15, -0.1) is 0 Å². The van der Waals surface area contributed by atoms with E-state index in [9.17, 15) is 22.4 Å². The molecule has 7 heteroatoms. The quantitative estimate of drug-likeness (QED) is 0.760. The molecule has 2 rings (SSSR count). The predicted molar refractivity (Wildman–Crippen MR) is 73.5 cm³/mol. The smallest absolute Gasteiger partial charge is 0.322 e. The molecule has 0 aliphatic rings. The highest BCUT2D eigenvalue weighted by Gasteiger charge is 2.33. The molecule has 0 saturated carbocycles. The molecule has 0 atom stereocenters. The summed E-state index contributed by atoms with van der Waals surface area (Å²) < 4.78 is 50.9. The summed E-state index contributed by atoms with van der Waals surface area (Å²) in [7, 11) is 0.